The topological polar surface area (TPSA) is 75.1 Å². The van der Waals surface area contributed by atoms with Gasteiger partial charge in [-0.25, -0.2) is 19.9 Å². The molecule has 0 aromatic carbocycles. The number of amides is 1. The highest BCUT2D eigenvalue weighted by molar-refractivity contribution is 6.30. The highest BCUT2D eigenvalue weighted by Crippen LogP contribution is 2.21. The predicted octanol–water partition coefficient (Wildman–Crippen LogP) is 2.33. The van der Waals surface area contributed by atoms with E-state index in [0.717, 1.165) is 37.9 Å². The summed E-state index contributed by atoms with van der Waals surface area (Å²) < 4.78 is 0. The van der Waals surface area contributed by atoms with Gasteiger partial charge in [0.2, 0.25) is 11.9 Å². The molecule has 3 heterocycles. The van der Waals surface area contributed by atoms with Gasteiger partial charge >= 0.3 is 0 Å². The highest BCUT2D eigenvalue weighted by atomic mass is 35.5. The molecule has 1 fully saturated rings. The molecule has 1 saturated heterocycles. The lowest BCUT2D eigenvalue weighted by molar-refractivity contribution is -0.132. The van der Waals surface area contributed by atoms with Crippen LogP contribution in [0, 0.1) is 0 Å². The van der Waals surface area contributed by atoms with Crippen molar-refractivity contribution in [3.63, 3.8) is 0 Å². The number of rotatable bonds is 4. The summed E-state index contributed by atoms with van der Waals surface area (Å²) in [6.45, 7) is 3.84. The number of aromatic nitrogens is 4. The number of anilines is 1. The van der Waals surface area contributed by atoms with Crippen LogP contribution >= 0.6 is 11.6 Å². The molecular formula is C17H21ClN6O. The van der Waals surface area contributed by atoms with Crippen molar-refractivity contribution in [3.8, 4) is 0 Å². The Balaban J connectivity index is 1.67. The maximum Gasteiger partial charge on any atom is 0.225 e. The molecule has 1 aliphatic heterocycles. The molecule has 3 rings (SSSR count). The van der Waals surface area contributed by atoms with Crippen LogP contribution in [0.4, 0.5) is 5.95 Å². The lowest BCUT2D eigenvalue weighted by atomic mass is 10.1. The molecule has 1 aliphatic rings. The Hall–Kier alpha value is -2.28. The van der Waals surface area contributed by atoms with Gasteiger partial charge in [0, 0.05) is 50.6 Å². The fourth-order valence-electron chi connectivity index (χ4n) is 3.17. The first-order valence-electron chi connectivity index (χ1n) is 8.37. The van der Waals surface area contributed by atoms with Crippen molar-refractivity contribution in [2.45, 2.75) is 38.8 Å². The van der Waals surface area contributed by atoms with Crippen molar-refractivity contribution >= 4 is 23.5 Å². The zero-order valence-electron chi connectivity index (χ0n) is 14.2. The van der Waals surface area contributed by atoms with Gasteiger partial charge < -0.3 is 9.80 Å². The Morgan fingerprint density at radius 2 is 1.92 bits per heavy atom. The van der Waals surface area contributed by atoms with Crippen LogP contribution in [-0.2, 0) is 11.3 Å². The van der Waals surface area contributed by atoms with E-state index in [2.05, 4.69) is 24.8 Å². The van der Waals surface area contributed by atoms with E-state index in [9.17, 15) is 4.79 Å². The minimum Gasteiger partial charge on any atom is -0.341 e. The number of hydrogen-bond donors (Lipinski definition) is 0. The van der Waals surface area contributed by atoms with Crippen molar-refractivity contribution in [1.29, 1.82) is 0 Å². The van der Waals surface area contributed by atoms with Crippen LogP contribution < -0.4 is 4.90 Å². The van der Waals surface area contributed by atoms with Gasteiger partial charge in [0.15, 0.2) is 0 Å². The summed E-state index contributed by atoms with van der Waals surface area (Å²) in [5.41, 5.74) is 0.944. The molecule has 132 valence electrons. The second-order valence-electron chi connectivity index (χ2n) is 6.17. The van der Waals surface area contributed by atoms with Crippen LogP contribution in [0.5, 0.6) is 0 Å². The first-order chi connectivity index (χ1) is 12.1. The van der Waals surface area contributed by atoms with Crippen LogP contribution in [0.1, 0.15) is 31.7 Å². The Kier molecular flexibility index (Phi) is 5.75. The van der Waals surface area contributed by atoms with E-state index in [1.165, 1.54) is 6.33 Å². The second kappa shape index (κ2) is 8.20. The molecular weight excluding hydrogens is 340 g/mol. The summed E-state index contributed by atoms with van der Waals surface area (Å²) in [6, 6.07) is 0.190. The van der Waals surface area contributed by atoms with Gasteiger partial charge in [0.25, 0.3) is 0 Å². The number of hydrogen-bond acceptors (Lipinski definition) is 6. The zero-order chi connectivity index (χ0) is 17.6. The number of nitrogens with zero attached hydrogens (tertiary/aromatic N) is 6. The normalized spacial score (nSPS) is 17.8. The van der Waals surface area contributed by atoms with E-state index in [1.54, 1.807) is 31.7 Å². The quantitative estimate of drug-likeness (QED) is 0.833. The first-order valence-corrected chi connectivity index (χ1v) is 8.75. The van der Waals surface area contributed by atoms with E-state index in [4.69, 9.17) is 11.6 Å². The first kappa shape index (κ1) is 17.5. The van der Waals surface area contributed by atoms with Crippen LogP contribution in [-0.4, -0.2) is 49.9 Å². The van der Waals surface area contributed by atoms with E-state index >= 15 is 0 Å². The Bertz CT molecular complexity index is 696. The molecule has 2 aromatic heterocycles. The molecule has 0 unspecified atom stereocenters. The Morgan fingerprint density at radius 1 is 1.20 bits per heavy atom. The average molecular weight is 361 g/mol. The van der Waals surface area contributed by atoms with Gasteiger partial charge in [-0.3, -0.25) is 4.79 Å². The van der Waals surface area contributed by atoms with E-state index in [-0.39, 0.29) is 11.9 Å². The van der Waals surface area contributed by atoms with Crippen molar-refractivity contribution in [2.24, 2.45) is 0 Å². The molecule has 0 bridgehead atoms. The maximum atomic E-state index is 12.2. The lowest BCUT2D eigenvalue weighted by Crippen LogP contribution is -2.39. The largest absolute Gasteiger partial charge is 0.341 e. The van der Waals surface area contributed by atoms with E-state index in [1.807, 2.05) is 4.90 Å². The third-order valence-corrected chi connectivity index (χ3v) is 4.59. The maximum absolute atomic E-state index is 12.2. The fourth-order valence-corrected chi connectivity index (χ4v) is 3.26. The third-order valence-electron chi connectivity index (χ3n) is 4.40. The van der Waals surface area contributed by atoms with Crippen molar-refractivity contribution < 1.29 is 4.79 Å². The molecule has 0 N–H and O–H groups in total. The smallest absolute Gasteiger partial charge is 0.225 e. The molecule has 1 amide bonds. The second-order valence-corrected chi connectivity index (χ2v) is 6.60. The van der Waals surface area contributed by atoms with E-state index < -0.39 is 0 Å². The SMILES string of the molecule is CC(=O)N(Cc1cncnc1)[C@H]1CCCN(c2ncc(Cl)cn2)CC1. The number of halogens is 1. The molecule has 0 spiro atoms. The molecule has 1 atom stereocenters. The molecule has 0 aliphatic carbocycles. The monoisotopic (exact) mass is 360 g/mol. The van der Waals surface area contributed by atoms with Gasteiger partial charge in [0.05, 0.1) is 17.4 Å². The zero-order valence-corrected chi connectivity index (χ0v) is 14.9. The minimum absolute atomic E-state index is 0.0741. The Morgan fingerprint density at radius 3 is 2.60 bits per heavy atom. The van der Waals surface area contributed by atoms with Crippen LogP contribution in [0.25, 0.3) is 0 Å². The number of carbonyl (C=O) groups excluding carboxylic acids is 1. The summed E-state index contributed by atoms with van der Waals surface area (Å²) in [5.74, 6) is 0.765. The van der Waals surface area contributed by atoms with Crippen molar-refractivity contribution in [3.05, 3.63) is 41.7 Å². The molecule has 25 heavy (non-hydrogen) atoms. The molecule has 0 saturated carbocycles. The summed E-state index contributed by atoms with van der Waals surface area (Å²) in [6.07, 6.45) is 11.0. The molecule has 7 nitrogen and oxygen atoms in total. The van der Waals surface area contributed by atoms with Gasteiger partial charge in [0.1, 0.15) is 6.33 Å². The highest BCUT2D eigenvalue weighted by Gasteiger charge is 2.25. The summed E-state index contributed by atoms with van der Waals surface area (Å²) in [7, 11) is 0. The van der Waals surface area contributed by atoms with Gasteiger partial charge in [-0.15, -0.1) is 0 Å². The molecule has 8 heteroatoms. The fraction of sp³-hybridized carbons (Fsp3) is 0.471. The Labute approximate surface area is 152 Å². The van der Waals surface area contributed by atoms with Gasteiger partial charge in [-0.2, -0.15) is 0 Å². The third kappa shape index (κ3) is 4.63. The van der Waals surface area contributed by atoms with Gasteiger partial charge in [-0.1, -0.05) is 11.6 Å². The predicted molar refractivity (Wildman–Crippen MR) is 95.2 cm³/mol. The average Bonchev–Trinajstić information content (AvgIpc) is 2.87. The van der Waals surface area contributed by atoms with Crippen LogP contribution in [0.3, 0.4) is 0 Å². The van der Waals surface area contributed by atoms with Crippen molar-refractivity contribution in [1.82, 2.24) is 24.8 Å². The molecule has 2 aromatic rings. The van der Waals surface area contributed by atoms with Crippen LogP contribution in [0.15, 0.2) is 31.1 Å². The molecule has 0 radical (unpaired) electrons. The summed E-state index contributed by atoms with van der Waals surface area (Å²) in [5, 5.41) is 0.532. The summed E-state index contributed by atoms with van der Waals surface area (Å²) in [4.78, 5) is 32.9. The summed E-state index contributed by atoms with van der Waals surface area (Å²) >= 11 is 5.86. The van der Waals surface area contributed by atoms with Crippen molar-refractivity contribution in [2.75, 3.05) is 18.0 Å². The minimum atomic E-state index is 0.0741. The number of carbonyl (C=O) groups is 1. The standard InChI is InChI=1S/C17H21ClN6O/c1-13(25)24(11-14-7-19-12-20-8-14)16-3-2-5-23(6-4-16)17-21-9-15(18)10-22-17/h7-10,12,16H,2-6,11H2,1H3/t16-/m0/s1. The van der Waals surface area contributed by atoms with Gasteiger partial charge in [-0.05, 0) is 19.3 Å². The lowest BCUT2D eigenvalue weighted by Gasteiger charge is -2.30. The van der Waals surface area contributed by atoms with Crippen LogP contribution in [0.2, 0.25) is 5.02 Å². The van der Waals surface area contributed by atoms with E-state index in [0.29, 0.717) is 17.5 Å².